The predicted octanol–water partition coefficient (Wildman–Crippen LogP) is 1.91. The first kappa shape index (κ1) is 12.8. The molecule has 0 spiro atoms. The third-order valence-electron chi connectivity index (χ3n) is 3.02. The highest BCUT2D eigenvalue weighted by molar-refractivity contribution is 5.97. The van der Waals surface area contributed by atoms with Crippen molar-refractivity contribution in [1.29, 1.82) is 0 Å². The molecule has 2 atom stereocenters. The molecule has 2 unspecified atom stereocenters. The third kappa shape index (κ3) is 2.28. The van der Waals surface area contributed by atoms with Crippen molar-refractivity contribution in [2.45, 2.75) is 19.4 Å². The van der Waals surface area contributed by atoms with E-state index in [2.05, 4.69) is 5.32 Å². The van der Waals surface area contributed by atoms with Gasteiger partial charge in [-0.15, -0.1) is 0 Å². The summed E-state index contributed by atoms with van der Waals surface area (Å²) in [6, 6.07) is 2.11. The second kappa shape index (κ2) is 4.89. The Morgan fingerprint density at radius 1 is 1.50 bits per heavy atom. The summed E-state index contributed by atoms with van der Waals surface area (Å²) < 4.78 is 31.8. The summed E-state index contributed by atoms with van der Waals surface area (Å²) in [4.78, 5) is 11.9. The average molecular weight is 256 g/mol. The fourth-order valence-electron chi connectivity index (χ4n) is 1.92. The van der Waals surface area contributed by atoms with Crippen molar-refractivity contribution in [3.8, 4) is 0 Å². The topological polar surface area (TPSA) is 64.3 Å². The number of carbonyl (C=O) groups excluding carboxylic acids is 1. The van der Waals surface area contributed by atoms with E-state index >= 15 is 0 Å². The SMILES string of the molecule is CC1CCOC1C(=O)Nc1c(N)ccc(F)c1F. The van der Waals surface area contributed by atoms with Crippen LogP contribution >= 0.6 is 0 Å². The van der Waals surface area contributed by atoms with Crippen LogP contribution < -0.4 is 11.1 Å². The van der Waals surface area contributed by atoms with E-state index < -0.39 is 23.6 Å². The molecule has 3 N–H and O–H groups in total. The smallest absolute Gasteiger partial charge is 0.253 e. The van der Waals surface area contributed by atoms with Gasteiger partial charge >= 0.3 is 0 Å². The monoisotopic (exact) mass is 256 g/mol. The number of hydrogen-bond acceptors (Lipinski definition) is 3. The minimum atomic E-state index is -1.16. The molecule has 0 saturated carbocycles. The number of hydrogen-bond donors (Lipinski definition) is 2. The van der Waals surface area contributed by atoms with Crippen LogP contribution in [0.2, 0.25) is 0 Å². The molecule has 0 bridgehead atoms. The maximum atomic E-state index is 13.5. The Morgan fingerprint density at radius 3 is 2.83 bits per heavy atom. The number of amides is 1. The molecule has 0 radical (unpaired) electrons. The molecule has 98 valence electrons. The summed E-state index contributed by atoms with van der Waals surface area (Å²) in [5.74, 6) is -2.67. The molecule has 1 heterocycles. The number of anilines is 2. The van der Waals surface area contributed by atoms with E-state index in [1.165, 1.54) is 6.07 Å². The third-order valence-corrected chi connectivity index (χ3v) is 3.02. The van der Waals surface area contributed by atoms with Gasteiger partial charge in [0.25, 0.3) is 5.91 Å². The summed E-state index contributed by atoms with van der Waals surface area (Å²) >= 11 is 0. The van der Waals surface area contributed by atoms with E-state index in [4.69, 9.17) is 10.5 Å². The number of carbonyl (C=O) groups is 1. The van der Waals surface area contributed by atoms with E-state index in [9.17, 15) is 13.6 Å². The van der Waals surface area contributed by atoms with Gasteiger partial charge in [0.05, 0.1) is 5.69 Å². The molecule has 0 aromatic heterocycles. The predicted molar refractivity (Wildman–Crippen MR) is 62.9 cm³/mol. The molecule has 1 aliphatic rings. The van der Waals surface area contributed by atoms with Crippen LogP contribution in [0.1, 0.15) is 13.3 Å². The van der Waals surface area contributed by atoms with Gasteiger partial charge in [-0.3, -0.25) is 4.79 Å². The van der Waals surface area contributed by atoms with E-state index in [-0.39, 0.29) is 17.3 Å². The highest BCUT2D eigenvalue weighted by Gasteiger charge is 2.31. The van der Waals surface area contributed by atoms with Gasteiger partial charge in [-0.1, -0.05) is 6.92 Å². The molecule has 1 fully saturated rings. The minimum absolute atomic E-state index is 0.0205. The number of rotatable bonds is 2. The van der Waals surface area contributed by atoms with Crippen molar-refractivity contribution in [2.24, 2.45) is 5.92 Å². The number of nitrogens with two attached hydrogens (primary N) is 1. The van der Waals surface area contributed by atoms with Gasteiger partial charge in [-0.25, -0.2) is 8.78 Å². The zero-order chi connectivity index (χ0) is 13.3. The van der Waals surface area contributed by atoms with E-state index in [0.717, 1.165) is 12.5 Å². The lowest BCUT2D eigenvalue weighted by Gasteiger charge is -2.16. The van der Waals surface area contributed by atoms with Crippen LogP contribution in [0.3, 0.4) is 0 Å². The minimum Gasteiger partial charge on any atom is -0.397 e. The Kier molecular flexibility index (Phi) is 3.47. The maximum absolute atomic E-state index is 13.5. The Morgan fingerprint density at radius 2 is 2.22 bits per heavy atom. The van der Waals surface area contributed by atoms with Gasteiger partial charge in [0.2, 0.25) is 0 Å². The Balaban J connectivity index is 2.19. The van der Waals surface area contributed by atoms with E-state index in [0.29, 0.717) is 6.61 Å². The van der Waals surface area contributed by atoms with Crippen LogP contribution in [0.25, 0.3) is 0 Å². The second-order valence-corrected chi connectivity index (χ2v) is 4.37. The first-order chi connectivity index (χ1) is 8.50. The Bertz CT molecular complexity index is 479. The highest BCUT2D eigenvalue weighted by Crippen LogP contribution is 2.27. The van der Waals surface area contributed by atoms with Crippen LogP contribution in [-0.2, 0) is 9.53 Å². The molecule has 4 nitrogen and oxygen atoms in total. The quantitative estimate of drug-likeness (QED) is 0.794. The normalized spacial score (nSPS) is 23.1. The molecule has 2 rings (SSSR count). The molecular weight excluding hydrogens is 242 g/mol. The lowest BCUT2D eigenvalue weighted by Crippen LogP contribution is -2.32. The van der Waals surface area contributed by atoms with Gasteiger partial charge in [0, 0.05) is 6.61 Å². The van der Waals surface area contributed by atoms with Gasteiger partial charge in [-0.2, -0.15) is 0 Å². The summed E-state index contributed by atoms with van der Waals surface area (Å²) in [6.07, 6.45) is 0.117. The van der Waals surface area contributed by atoms with Crippen LogP contribution in [0.15, 0.2) is 12.1 Å². The number of benzene rings is 1. The van der Waals surface area contributed by atoms with Gasteiger partial charge in [0.15, 0.2) is 11.6 Å². The molecule has 18 heavy (non-hydrogen) atoms. The zero-order valence-corrected chi connectivity index (χ0v) is 9.87. The highest BCUT2D eigenvalue weighted by atomic mass is 19.2. The molecular formula is C12H14F2N2O2. The second-order valence-electron chi connectivity index (χ2n) is 4.37. The van der Waals surface area contributed by atoms with E-state index in [1.807, 2.05) is 6.92 Å². The summed E-state index contributed by atoms with van der Waals surface area (Å²) in [6.45, 7) is 2.35. The molecule has 1 saturated heterocycles. The van der Waals surface area contributed by atoms with Crippen molar-refractivity contribution >= 4 is 17.3 Å². The Hall–Kier alpha value is -1.69. The summed E-state index contributed by atoms with van der Waals surface area (Å²) in [5.41, 5.74) is 5.16. The van der Waals surface area contributed by atoms with Gasteiger partial charge < -0.3 is 15.8 Å². The summed E-state index contributed by atoms with van der Waals surface area (Å²) in [7, 11) is 0. The van der Waals surface area contributed by atoms with Crippen molar-refractivity contribution in [2.75, 3.05) is 17.7 Å². The fraction of sp³-hybridized carbons (Fsp3) is 0.417. The fourth-order valence-corrected chi connectivity index (χ4v) is 1.92. The van der Waals surface area contributed by atoms with E-state index in [1.54, 1.807) is 0 Å². The van der Waals surface area contributed by atoms with Crippen LogP contribution in [-0.4, -0.2) is 18.6 Å². The Labute approximate surface area is 103 Å². The van der Waals surface area contributed by atoms with Crippen molar-refractivity contribution < 1.29 is 18.3 Å². The van der Waals surface area contributed by atoms with Gasteiger partial charge in [-0.05, 0) is 24.5 Å². The average Bonchev–Trinajstić information content (AvgIpc) is 2.76. The molecule has 1 aliphatic heterocycles. The molecule has 1 aromatic rings. The standard InChI is InChI=1S/C12H14F2N2O2/c1-6-4-5-18-11(6)12(17)16-10-8(15)3-2-7(13)9(10)14/h2-3,6,11H,4-5,15H2,1H3,(H,16,17). The van der Waals surface area contributed by atoms with Crippen LogP contribution in [0.5, 0.6) is 0 Å². The molecule has 6 heteroatoms. The number of halogens is 2. The number of ether oxygens (including phenoxy) is 1. The maximum Gasteiger partial charge on any atom is 0.253 e. The van der Waals surface area contributed by atoms with Gasteiger partial charge in [0.1, 0.15) is 11.8 Å². The lowest BCUT2D eigenvalue weighted by atomic mass is 10.0. The first-order valence-corrected chi connectivity index (χ1v) is 5.66. The first-order valence-electron chi connectivity index (χ1n) is 5.66. The summed E-state index contributed by atoms with van der Waals surface area (Å²) in [5, 5.41) is 2.29. The number of nitrogen functional groups attached to an aromatic ring is 1. The largest absolute Gasteiger partial charge is 0.397 e. The van der Waals surface area contributed by atoms with Crippen LogP contribution in [0.4, 0.5) is 20.2 Å². The van der Waals surface area contributed by atoms with Crippen molar-refractivity contribution in [3.63, 3.8) is 0 Å². The zero-order valence-electron chi connectivity index (χ0n) is 9.87. The molecule has 0 aliphatic carbocycles. The van der Waals surface area contributed by atoms with Crippen molar-refractivity contribution in [1.82, 2.24) is 0 Å². The molecule has 1 amide bonds. The molecule has 1 aromatic carbocycles. The number of nitrogens with one attached hydrogen (secondary N) is 1. The van der Waals surface area contributed by atoms with Crippen molar-refractivity contribution in [3.05, 3.63) is 23.8 Å². The lowest BCUT2D eigenvalue weighted by molar-refractivity contribution is -0.126. The van der Waals surface area contributed by atoms with Crippen LogP contribution in [0, 0.1) is 17.6 Å².